The summed E-state index contributed by atoms with van der Waals surface area (Å²) < 4.78 is 0. The van der Waals surface area contributed by atoms with Gasteiger partial charge >= 0.3 is 0 Å². The first-order chi connectivity index (χ1) is 7.27. The van der Waals surface area contributed by atoms with Crippen LogP contribution in [0.1, 0.15) is 57.2 Å². The van der Waals surface area contributed by atoms with Gasteiger partial charge in [-0.25, -0.2) is 0 Å². The lowest BCUT2D eigenvalue weighted by molar-refractivity contribution is 0.445. The molecule has 1 heteroatoms. The summed E-state index contributed by atoms with van der Waals surface area (Å²) in [5, 5.41) is 10.2. The van der Waals surface area contributed by atoms with E-state index in [0.29, 0.717) is 11.7 Å². The fraction of sp³-hybridized carbons (Fsp3) is 0.467. The summed E-state index contributed by atoms with van der Waals surface area (Å²) in [6.07, 6.45) is 1.72. The molecule has 0 spiro atoms. The molecule has 1 aromatic rings. The number of hydrogen-bond donors (Lipinski definition) is 1. The summed E-state index contributed by atoms with van der Waals surface area (Å²) in [5.74, 6) is 0.826. The fourth-order valence-corrected chi connectivity index (χ4v) is 1.74. The molecule has 0 fully saturated rings. The van der Waals surface area contributed by atoms with Gasteiger partial charge in [0.25, 0.3) is 0 Å². The highest BCUT2D eigenvalue weighted by Crippen LogP contribution is 2.36. The molecule has 1 rings (SSSR count). The van der Waals surface area contributed by atoms with Gasteiger partial charge in [-0.15, -0.1) is 0 Å². The second kappa shape index (κ2) is 4.32. The number of phenolic OH excluding ortho intramolecular Hbond substituents is 1. The molecular formula is C15H22O. The predicted molar refractivity (Wildman–Crippen MR) is 71.0 cm³/mol. The lowest BCUT2D eigenvalue weighted by Gasteiger charge is -2.23. The minimum atomic E-state index is -0.0489. The second-order valence-corrected chi connectivity index (χ2v) is 5.62. The van der Waals surface area contributed by atoms with Crippen LogP contribution in [0.15, 0.2) is 18.7 Å². The van der Waals surface area contributed by atoms with Gasteiger partial charge in [-0.1, -0.05) is 53.3 Å². The highest BCUT2D eigenvalue weighted by Gasteiger charge is 2.21. The van der Waals surface area contributed by atoms with Crippen molar-refractivity contribution in [1.29, 1.82) is 0 Å². The molecule has 0 saturated heterocycles. The van der Waals surface area contributed by atoms with Crippen LogP contribution in [0.2, 0.25) is 0 Å². The first kappa shape index (κ1) is 12.8. The van der Waals surface area contributed by atoms with Crippen LogP contribution in [0, 0.1) is 0 Å². The number of phenols is 1. The first-order valence-electron chi connectivity index (χ1n) is 5.77. The van der Waals surface area contributed by atoms with E-state index in [9.17, 15) is 5.11 Å². The van der Waals surface area contributed by atoms with Gasteiger partial charge in [0.05, 0.1) is 0 Å². The number of aromatic hydroxyl groups is 1. The Balaban J connectivity index is 3.48. The molecular weight excluding hydrogens is 196 g/mol. The normalized spacial score (nSPS) is 11.9. The third kappa shape index (κ3) is 2.46. The molecule has 0 saturated carbocycles. The van der Waals surface area contributed by atoms with Crippen molar-refractivity contribution < 1.29 is 5.11 Å². The zero-order chi connectivity index (χ0) is 12.5. The summed E-state index contributed by atoms with van der Waals surface area (Å²) in [5.41, 5.74) is 3.02. The molecule has 0 atom stereocenters. The lowest BCUT2D eigenvalue weighted by Crippen LogP contribution is -2.12. The fourth-order valence-electron chi connectivity index (χ4n) is 1.74. The van der Waals surface area contributed by atoms with E-state index in [-0.39, 0.29) is 5.41 Å². The third-order valence-electron chi connectivity index (χ3n) is 2.86. The average molecular weight is 218 g/mol. The molecule has 0 unspecified atom stereocenters. The quantitative estimate of drug-likeness (QED) is 0.777. The average Bonchev–Trinajstić information content (AvgIpc) is 2.15. The maximum atomic E-state index is 10.2. The van der Waals surface area contributed by atoms with Gasteiger partial charge in [-0.3, -0.25) is 0 Å². The van der Waals surface area contributed by atoms with Crippen LogP contribution in [-0.4, -0.2) is 5.11 Å². The summed E-state index contributed by atoms with van der Waals surface area (Å²) in [6, 6.07) is 4.12. The summed E-state index contributed by atoms with van der Waals surface area (Å²) >= 11 is 0. The van der Waals surface area contributed by atoms with E-state index in [2.05, 4.69) is 47.3 Å². The van der Waals surface area contributed by atoms with E-state index in [4.69, 9.17) is 0 Å². The Kier molecular flexibility index (Phi) is 3.47. The van der Waals surface area contributed by atoms with Crippen molar-refractivity contribution in [1.82, 2.24) is 0 Å². The standard InChI is InChI=1S/C15H22O/c1-7-11-8-12(10(2)3)9-13(14(11)16)15(4,5)6/h7-10,16H,1H2,2-6H3. The van der Waals surface area contributed by atoms with Crippen LogP contribution in [0.4, 0.5) is 0 Å². The minimum absolute atomic E-state index is 0.0489. The molecule has 1 N–H and O–H groups in total. The minimum Gasteiger partial charge on any atom is -0.507 e. The second-order valence-electron chi connectivity index (χ2n) is 5.62. The molecule has 0 aromatic heterocycles. The molecule has 0 heterocycles. The van der Waals surface area contributed by atoms with Crippen molar-refractivity contribution in [2.45, 2.75) is 46.0 Å². The van der Waals surface area contributed by atoms with E-state index in [0.717, 1.165) is 11.1 Å². The molecule has 0 amide bonds. The van der Waals surface area contributed by atoms with Gasteiger partial charge in [-0.05, 0) is 23.0 Å². The number of hydrogen-bond acceptors (Lipinski definition) is 1. The molecule has 0 aliphatic heterocycles. The summed E-state index contributed by atoms with van der Waals surface area (Å²) in [7, 11) is 0. The van der Waals surface area contributed by atoms with Gasteiger partial charge in [0.1, 0.15) is 5.75 Å². The van der Waals surface area contributed by atoms with Crippen molar-refractivity contribution in [2.75, 3.05) is 0 Å². The predicted octanol–water partition coefficient (Wildman–Crippen LogP) is 4.46. The Labute approximate surface area is 98.8 Å². The van der Waals surface area contributed by atoms with Crippen LogP contribution in [-0.2, 0) is 5.41 Å². The van der Waals surface area contributed by atoms with Crippen molar-refractivity contribution in [3.8, 4) is 5.75 Å². The van der Waals surface area contributed by atoms with Crippen LogP contribution >= 0.6 is 0 Å². The number of benzene rings is 1. The van der Waals surface area contributed by atoms with Crippen molar-refractivity contribution >= 4 is 6.08 Å². The van der Waals surface area contributed by atoms with Crippen molar-refractivity contribution in [3.63, 3.8) is 0 Å². The Morgan fingerprint density at radius 3 is 2.19 bits per heavy atom. The SMILES string of the molecule is C=Cc1cc(C(C)C)cc(C(C)(C)C)c1O. The highest BCUT2D eigenvalue weighted by molar-refractivity contribution is 5.61. The molecule has 0 radical (unpaired) electrons. The van der Waals surface area contributed by atoms with E-state index in [1.807, 2.05) is 6.07 Å². The van der Waals surface area contributed by atoms with Crippen LogP contribution in [0.5, 0.6) is 5.75 Å². The zero-order valence-corrected chi connectivity index (χ0v) is 11.0. The van der Waals surface area contributed by atoms with E-state index >= 15 is 0 Å². The largest absolute Gasteiger partial charge is 0.507 e. The van der Waals surface area contributed by atoms with E-state index in [1.165, 1.54) is 5.56 Å². The van der Waals surface area contributed by atoms with Gasteiger partial charge in [-0.2, -0.15) is 0 Å². The molecule has 0 aliphatic rings. The Hall–Kier alpha value is -1.24. The van der Waals surface area contributed by atoms with Gasteiger partial charge in [0.2, 0.25) is 0 Å². The molecule has 0 aliphatic carbocycles. The van der Waals surface area contributed by atoms with Crippen molar-refractivity contribution in [2.24, 2.45) is 0 Å². The maximum Gasteiger partial charge on any atom is 0.126 e. The monoisotopic (exact) mass is 218 g/mol. The summed E-state index contributed by atoms with van der Waals surface area (Å²) in [6.45, 7) is 14.4. The van der Waals surface area contributed by atoms with Gasteiger partial charge in [0, 0.05) is 11.1 Å². The topological polar surface area (TPSA) is 20.2 Å². The Bertz CT molecular complexity index is 395. The van der Waals surface area contributed by atoms with Crippen LogP contribution in [0.3, 0.4) is 0 Å². The van der Waals surface area contributed by atoms with Crippen LogP contribution < -0.4 is 0 Å². The first-order valence-corrected chi connectivity index (χ1v) is 5.77. The van der Waals surface area contributed by atoms with E-state index < -0.39 is 0 Å². The molecule has 1 nitrogen and oxygen atoms in total. The van der Waals surface area contributed by atoms with Crippen molar-refractivity contribution in [3.05, 3.63) is 35.4 Å². The third-order valence-corrected chi connectivity index (χ3v) is 2.86. The molecule has 1 aromatic carbocycles. The smallest absolute Gasteiger partial charge is 0.126 e. The van der Waals surface area contributed by atoms with E-state index in [1.54, 1.807) is 6.08 Å². The lowest BCUT2D eigenvalue weighted by atomic mass is 9.82. The summed E-state index contributed by atoms with van der Waals surface area (Å²) in [4.78, 5) is 0. The molecule has 16 heavy (non-hydrogen) atoms. The molecule has 88 valence electrons. The van der Waals surface area contributed by atoms with Gasteiger partial charge < -0.3 is 5.11 Å². The molecule has 0 bridgehead atoms. The van der Waals surface area contributed by atoms with Gasteiger partial charge in [0.15, 0.2) is 0 Å². The Morgan fingerprint density at radius 1 is 1.25 bits per heavy atom. The highest BCUT2D eigenvalue weighted by atomic mass is 16.3. The zero-order valence-electron chi connectivity index (χ0n) is 11.0. The number of rotatable bonds is 2. The maximum absolute atomic E-state index is 10.2. The van der Waals surface area contributed by atoms with Crippen LogP contribution in [0.25, 0.3) is 6.08 Å². The Morgan fingerprint density at radius 2 is 1.81 bits per heavy atom.